The average molecular weight is 237 g/mol. The van der Waals surface area contributed by atoms with Crippen molar-refractivity contribution in [2.45, 2.75) is 52.5 Å². The number of hydrogen-bond donors (Lipinski definition) is 0. The zero-order chi connectivity index (χ0) is 12.1. The summed E-state index contributed by atoms with van der Waals surface area (Å²) in [4.78, 5) is 6.89. The Morgan fingerprint density at radius 1 is 1.18 bits per heavy atom. The predicted octanol–water partition coefficient (Wildman–Crippen LogP) is 2.64. The molecule has 1 saturated heterocycles. The zero-order valence-electron chi connectivity index (χ0n) is 11.0. The molecule has 2 heterocycles. The summed E-state index contributed by atoms with van der Waals surface area (Å²) in [6.07, 6.45) is 6.22. The van der Waals surface area contributed by atoms with Crippen molar-refractivity contribution in [3.05, 3.63) is 11.7 Å². The van der Waals surface area contributed by atoms with E-state index in [0.717, 1.165) is 24.7 Å². The van der Waals surface area contributed by atoms with Crippen molar-refractivity contribution in [3.8, 4) is 0 Å². The number of likely N-dealkylation sites (tertiary alicyclic amines) is 1. The Morgan fingerprint density at radius 2 is 1.88 bits per heavy atom. The van der Waals surface area contributed by atoms with Gasteiger partial charge in [-0.2, -0.15) is 4.98 Å². The number of nitrogens with zero attached hydrogens (tertiary/aromatic N) is 3. The van der Waals surface area contributed by atoms with Crippen molar-refractivity contribution in [3.63, 3.8) is 0 Å². The molecule has 96 valence electrons. The zero-order valence-corrected chi connectivity index (χ0v) is 11.0. The summed E-state index contributed by atoms with van der Waals surface area (Å²) in [5.74, 6) is 2.21. The van der Waals surface area contributed by atoms with Crippen LogP contribution in [0.1, 0.15) is 51.2 Å². The second kappa shape index (κ2) is 6.15. The maximum absolute atomic E-state index is 5.31. The lowest BCUT2D eigenvalue weighted by atomic mass is 10.1. The minimum atomic E-state index is 0.582. The Labute approximate surface area is 103 Å². The molecule has 1 aromatic heterocycles. The lowest BCUT2D eigenvalue weighted by molar-refractivity contribution is 0.233. The van der Waals surface area contributed by atoms with Crippen LogP contribution in [0, 0.1) is 5.92 Å². The summed E-state index contributed by atoms with van der Waals surface area (Å²) in [6.45, 7) is 7.50. The van der Waals surface area contributed by atoms with Gasteiger partial charge in [-0.3, -0.25) is 4.90 Å². The van der Waals surface area contributed by atoms with Crippen LogP contribution in [0.25, 0.3) is 0 Å². The molecule has 0 unspecified atom stereocenters. The minimum absolute atomic E-state index is 0.582. The molecular weight excluding hydrogens is 214 g/mol. The molecular formula is C13H23N3O. The van der Waals surface area contributed by atoms with Gasteiger partial charge < -0.3 is 4.52 Å². The monoisotopic (exact) mass is 237 g/mol. The van der Waals surface area contributed by atoms with Crippen molar-refractivity contribution in [2.75, 3.05) is 13.1 Å². The summed E-state index contributed by atoms with van der Waals surface area (Å²) >= 11 is 0. The molecule has 0 N–H and O–H groups in total. The van der Waals surface area contributed by atoms with Crippen molar-refractivity contribution in [2.24, 2.45) is 5.92 Å². The molecule has 17 heavy (non-hydrogen) atoms. The molecule has 0 aromatic carbocycles. The largest absolute Gasteiger partial charge is 0.338 e. The van der Waals surface area contributed by atoms with Gasteiger partial charge in [-0.15, -0.1) is 0 Å². The molecule has 0 amide bonds. The first kappa shape index (κ1) is 12.6. The minimum Gasteiger partial charge on any atom is -0.338 e. The Bertz CT molecular complexity index is 327. The summed E-state index contributed by atoms with van der Waals surface area (Å²) in [6, 6.07) is 0. The standard InChI is InChI=1S/C13H23N3O/c1-11(2)9-12-14-13(17-15-12)10-16-7-5-3-4-6-8-16/h11H,3-10H2,1-2H3. The summed E-state index contributed by atoms with van der Waals surface area (Å²) in [7, 11) is 0. The highest BCUT2D eigenvalue weighted by atomic mass is 16.5. The van der Waals surface area contributed by atoms with Gasteiger partial charge in [0.15, 0.2) is 5.82 Å². The van der Waals surface area contributed by atoms with Gasteiger partial charge >= 0.3 is 0 Å². The van der Waals surface area contributed by atoms with Crippen molar-refractivity contribution >= 4 is 0 Å². The van der Waals surface area contributed by atoms with Crippen molar-refractivity contribution < 1.29 is 4.52 Å². The van der Waals surface area contributed by atoms with Crippen molar-refractivity contribution in [1.82, 2.24) is 15.0 Å². The van der Waals surface area contributed by atoms with E-state index < -0.39 is 0 Å². The Balaban J connectivity index is 1.86. The van der Waals surface area contributed by atoms with Gasteiger partial charge in [0, 0.05) is 6.42 Å². The van der Waals surface area contributed by atoms with E-state index in [-0.39, 0.29) is 0 Å². The van der Waals surface area contributed by atoms with Gasteiger partial charge in [0.2, 0.25) is 5.89 Å². The van der Waals surface area contributed by atoms with E-state index in [1.165, 1.54) is 38.8 Å². The maximum atomic E-state index is 5.31. The van der Waals surface area contributed by atoms with Crippen LogP contribution >= 0.6 is 0 Å². The van der Waals surface area contributed by atoms with Gasteiger partial charge in [0.05, 0.1) is 6.54 Å². The van der Waals surface area contributed by atoms with E-state index in [1.807, 2.05) is 0 Å². The first-order valence-electron chi connectivity index (χ1n) is 6.78. The molecule has 0 aliphatic carbocycles. The Hall–Kier alpha value is -0.900. The van der Waals surface area contributed by atoms with Crippen LogP contribution in [0.5, 0.6) is 0 Å². The molecule has 1 fully saturated rings. The molecule has 0 radical (unpaired) electrons. The van der Waals surface area contributed by atoms with Crippen LogP contribution in [-0.4, -0.2) is 28.1 Å². The average Bonchev–Trinajstić information content (AvgIpc) is 2.54. The Morgan fingerprint density at radius 3 is 2.53 bits per heavy atom. The topological polar surface area (TPSA) is 42.2 Å². The lowest BCUT2D eigenvalue weighted by Gasteiger charge is -2.16. The molecule has 0 bridgehead atoms. The fourth-order valence-electron chi connectivity index (χ4n) is 2.29. The molecule has 0 atom stereocenters. The fraction of sp³-hybridized carbons (Fsp3) is 0.846. The summed E-state index contributed by atoms with van der Waals surface area (Å²) < 4.78 is 5.31. The summed E-state index contributed by atoms with van der Waals surface area (Å²) in [5, 5.41) is 4.03. The quantitative estimate of drug-likeness (QED) is 0.807. The van der Waals surface area contributed by atoms with E-state index >= 15 is 0 Å². The predicted molar refractivity (Wildman–Crippen MR) is 66.6 cm³/mol. The van der Waals surface area contributed by atoms with Crippen LogP contribution in [0.15, 0.2) is 4.52 Å². The third kappa shape index (κ3) is 4.11. The number of aromatic nitrogens is 2. The number of rotatable bonds is 4. The van der Waals surface area contributed by atoms with Crippen LogP contribution < -0.4 is 0 Å². The Kier molecular flexibility index (Phi) is 4.54. The summed E-state index contributed by atoms with van der Waals surface area (Å²) in [5.41, 5.74) is 0. The van der Waals surface area contributed by atoms with E-state index in [0.29, 0.717) is 5.92 Å². The van der Waals surface area contributed by atoms with Gasteiger partial charge in [-0.05, 0) is 31.8 Å². The molecule has 1 aliphatic rings. The van der Waals surface area contributed by atoms with Gasteiger partial charge in [0.1, 0.15) is 0 Å². The van der Waals surface area contributed by atoms with Crippen LogP contribution in [0.4, 0.5) is 0 Å². The fourth-order valence-corrected chi connectivity index (χ4v) is 2.29. The van der Waals surface area contributed by atoms with E-state index in [4.69, 9.17) is 4.52 Å². The normalized spacial score (nSPS) is 18.5. The van der Waals surface area contributed by atoms with Crippen LogP contribution in [-0.2, 0) is 13.0 Å². The second-order valence-corrected chi connectivity index (χ2v) is 5.39. The third-order valence-corrected chi connectivity index (χ3v) is 3.16. The molecule has 0 spiro atoms. The van der Waals surface area contributed by atoms with Crippen molar-refractivity contribution in [1.29, 1.82) is 0 Å². The molecule has 1 aliphatic heterocycles. The highest BCUT2D eigenvalue weighted by molar-refractivity contribution is 4.87. The van der Waals surface area contributed by atoms with Crippen LogP contribution in [0.3, 0.4) is 0 Å². The van der Waals surface area contributed by atoms with Gasteiger partial charge in [0.25, 0.3) is 0 Å². The second-order valence-electron chi connectivity index (χ2n) is 5.39. The molecule has 1 aromatic rings. The van der Waals surface area contributed by atoms with E-state index in [2.05, 4.69) is 28.9 Å². The van der Waals surface area contributed by atoms with Gasteiger partial charge in [-0.25, -0.2) is 0 Å². The van der Waals surface area contributed by atoms with Crippen LogP contribution in [0.2, 0.25) is 0 Å². The third-order valence-electron chi connectivity index (χ3n) is 3.16. The first-order chi connectivity index (χ1) is 8.24. The number of hydrogen-bond acceptors (Lipinski definition) is 4. The smallest absolute Gasteiger partial charge is 0.240 e. The molecule has 2 rings (SSSR count). The highest BCUT2D eigenvalue weighted by Gasteiger charge is 2.14. The van der Waals surface area contributed by atoms with E-state index in [9.17, 15) is 0 Å². The maximum Gasteiger partial charge on any atom is 0.240 e. The molecule has 4 heteroatoms. The SMILES string of the molecule is CC(C)Cc1noc(CN2CCCCCC2)n1. The van der Waals surface area contributed by atoms with Gasteiger partial charge in [-0.1, -0.05) is 31.8 Å². The lowest BCUT2D eigenvalue weighted by Crippen LogP contribution is -2.24. The first-order valence-corrected chi connectivity index (χ1v) is 6.78. The molecule has 0 saturated carbocycles. The highest BCUT2D eigenvalue weighted by Crippen LogP contribution is 2.13. The molecule has 4 nitrogen and oxygen atoms in total. The van der Waals surface area contributed by atoms with E-state index in [1.54, 1.807) is 0 Å².